The molecule has 19 heavy (non-hydrogen) atoms. The van der Waals surface area contributed by atoms with Crippen LogP contribution in [-0.4, -0.2) is 27.5 Å². The van der Waals surface area contributed by atoms with Crippen molar-refractivity contribution in [2.75, 3.05) is 0 Å². The maximum absolute atomic E-state index is 12.2. The van der Waals surface area contributed by atoms with Gasteiger partial charge in [0.15, 0.2) is 0 Å². The molecule has 0 aliphatic heterocycles. The molecule has 1 aliphatic rings. The molecule has 0 spiro atoms. The Hall–Kier alpha value is -1.78. The first-order valence-corrected chi connectivity index (χ1v) is 6.71. The molecule has 0 bridgehead atoms. The molecular weight excluding hydrogens is 244 g/mol. The van der Waals surface area contributed by atoms with Crippen LogP contribution in [-0.2, 0) is 4.79 Å². The van der Waals surface area contributed by atoms with Crippen molar-refractivity contribution in [2.24, 2.45) is 0 Å². The molecule has 2 rings (SSSR count). The van der Waals surface area contributed by atoms with E-state index >= 15 is 0 Å². The monoisotopic (exact) mass is 264 g/mol. The molecule has 1 saturated carbocycles. The maximum Gasteiger partial charge on any atom is 0.305 e. The summed E-state index contributed by atoms with van der Waals surface area (Å²) in [5.41, 5.74) is 0.813. The van der Waals surface area contributed by atoms with Gasteiger partial charge in [0.05, 0.1) is 12.0 Å². The summed E-state index contributed by atoms with van der Waals surface area (Å²) in [6.07, 6.45) is 6.25. The Morgan fingerprint density at radius 3 is 2.58 bits per heavy atom. The molecule has 1 aromatic rings. The highest BCUT2D eigenvalue weighted by Crippen LogP contribution is 2.31. The molecule has 1 fully saturated rings. The average Bonchev–Trinajstić information content (AvgIpc) is 2.75. The van der Waals surface area contributed by atoms with E-state index in [4.69, 9.17) is 5.11 Å². The van der Waals surface area contributed by atoms with E-state index in [1.807, 2.05) is 13.0 Å². The number of aromatic amines is 1. The van der Waals surface area contributed by atoms with Gasteiger partial charge >= 0.3 is 5.97 Å². The lowest BCUT2D eigenvalue weighted by molar-refractivity contribution is -0.139. The first kappa shape index (κ1) is 13.6. The summed E-state index contributed by atoms with van der Waals surface area (Å²) in [6.45, 7) is 1.86. The van der Waals surface area contributed by atoms with Crippen molar-refractivity contribution in [3.05, 3.63) is 23.5 Å². The van der Waals surface area contributed by atoms with E-state index in [-0.39, 0.29) is 12.3 Å². The second-order valence-corrected chi connectivity index (χ2v) is 5.40. The fourth-order valence-corrected chi connectivity index (χ4v) is 2.86. The summed E-state index contributed by atoms with van der Waals surface area (Å²) in [7, 11) is 0. The molecular formula is C14H20N2O3. The van der Waals surface area contributed by atoms with Gasteiger partial charge in [0, 0.05) is 6.20 Å². The number of H-pyrrole nitrogens is 1. The molecule has 1 aliphatic carbocycles. The molecule has 0 radical (unpaired) electrons. The zero-order chi connectivity index (χ0) is 13.9. The fraction of sp³-hybridized carbons (Fsp3) is 0.571. The predicted octanol–water partition coefficient (Wildman–Crippen LogP) is 2.23. The van der Waals surface area contributed by atoms with E-state index in [1.54, 1.807) is 6.20 Å². The number of aliphatic carboxylic acids is 1. The SMILES string of the molecule is Cc1cc[nH]c1C(=O)NC1(CC(=O)O)CCCCC1. The van der Waals surface area contributed by atoms with Crippen molar-refractivity contribution in [1.29, 1.82) is 0 Å². The quantitative estimate of drug-likeness (QED) is 0.780. The van der Waals surface area contributed by atoms with Gasteiger partial charge in [-0.25, -0.2) is 0 Å². The standard InChI is InChI=1S/C14H20N2O3/c1-10-5-8-15-12(10)13(19)16-14(9-11(17)18)6-3-2-4-7-14/h5,8,15H,2-4,6-7,9H2,1H3,(H,16,19)(H,17,18). The number of aromatic nitrogens is 1. The number of aryl methyl sites for hydroxylation is 1. The predicted molar refractivity (Wildman–Crippen MR) is 71.1 cm³/mol. The first-order chi connectivity index (χ1) is 9.02. The first-order valence-electron chi connectivity index (χ1n) is 6.71. The molecule has 0 unspecified atom stereocenters. The third kappa shape index (κ3) is 3.16. The zero-order valence-electron chi connectivity index (χ0n) is 11.2. The van der Waals surface area contributed by atoms with Crippen LogP contribution in [0.25, 0.3) is 0 Å². The summed E-state index contributed by atoms with van der Waals surface area (Å²) in [5.74, 6) is -1.06. The van der Waals surface area contributed by atoms with Gasteiger partial charge in [-0.05, 0) is 31.4 Å². The molecule has 1 aromatic heterocycles. The smallest absolute Gasteiger partial charge is 0.305 e. The summed E-state index contributed by atoms with van der Waals surface area (Å²) in [5, 5.41) is 12.0. The van der Waals surface area contributed by atoms with Crippen LogP contribution in [0.3, 0.4) is 0 Å². The Kier molecular flexibility index (Phi) is 3.93. The molecule has 0 atom stereocenters. The molecule has 1 heterocycles. The Bertz CT molecular complexity index is 473. The van der Waals surface area contributed by atoms with Crippen LogP contribution in [0.1, 0.15) is 54.6 Å². The largest absolute Gasteiger partial charge is 0.481 e. The molecule has 0 aromatic carbocycles. The highest BCUT2D eigenvalue weighted by atomic mass is 16.4. The molecule has 5 heteroatoms. The molecule has 3 N–H and O–H groups in total. The minimum atomic E-state index is -0.856. The number of amides is 1. The molecule has 5 nitrogen and oxygen atoms in total. The van der Waals surface area contributed by atoms with Gasteiger partial charge in [-0.15, -0.1) is 0 Å². The minimum Gasteiger partial charge on any atom is -0.481 e. The summed E-state index contributed by atoms with van der Waals surface area (Å²) in [6, 6.07) is 1.83. The molecule has 104 valence electrons. The van der Waals surface area contributed by atoms with Gasteiger partial charge in [-0.1, -0.05) is 19.3 Å². The summed E-state index contributed by atoms with van der Waals surface area (Å²) < 4.78 is 0. The fourth-order valence-electron chi connectivity index (χ4n) is 2.86. The van der Waals surface area contributed by atoms with E-state index in [0.717, 1.165) is 37.7 Å². The number of carbonyl (C=O) groups excluding carboxylic acids is 1. The van der Waals surface area contributed by atoms with Gasteiger partial charge in [-0.2, -0.15) is 0 Å². The molecule has 1 amide bonds. The van der Waals surface area contributed by atoms with Gasteiger partial charge in [0.1, 0.15) is 5.69 Å². The van der Waals surface area contributed by atoms with Gasteiger partial charge in [0.25, 0.3) is 5.91 Å². The Labute approximate surface area is 112 Å². The summed E-state index contributed by atoms with van der Waals surface area (Å²) in [4.78, 5) is 26.2. The van der Waals surface area contributed by atoms with E-state index < -0.39 is 11.5 Å². The normalized spacial score (nSPS) is 17.9. The lowest BCUT2D eigenvalue weighted by atomic mass is 9.79. The highest BCUT2D eigenvalue weighted by Gasteiger charge is 2.36. The van der Waals surface area contributed by atoms with Crippen LogP contribution >= 0.6 is 0 Å². The van der Waals surface area contributed by atoms with E-state index in [2.05, 4.69) is 10.3 Å². The van der Waals surface area contributed by atoms with Crippen molar-refractivity contribution in [2.45, 2.75) is 51.0 Å². The van der Waals surface area contributed by atoms with E-state index in [1.165, 1.54) is 0 Å². The van der Waals surface area contributed by atoms with Crippen LogP contribution in [0.2, 0.25) is 0 Å². The van der Waals surface area contributed by atoms with Crippen molar-refractivity contribution in [3.63, 3.8) is 0 Å². The van der Waals surface area contributed by atoms with Crippen LogP contribution in [0.5, 0.6) is 0 Å². The third-order valence-electron chi connectivity index (χ3n) is 3.86. The number of carboxylic acids is 1. The average molecular weight is 264 g/mol. The topological polar surface area (TPSA) is 82.2 Å². The van der Waals surface area contributed by atoms with Crippen LogP contribution in [0, 0.1) is 6.92 Å². The number of carbonyl (C=O) groups is 2. The lowest BCUT2D eigenvalue weighted by Gasteiger charge is -2.36. The lowest BCUT2D eigenvalue weighted by Crippen LogP contribution is -2.51. The number of nitrogens with one attached hydrogen (secondary N) is 2. The second-order valence-electron chi connectivity index (χ2n) is 5.40. The number of carboxylic acid groups (broad SMARTS) is 1. The second kappa shape index (κ2) is 5.47. The zero-order valence-corrected chi connectivity index (χ0v) is 11.2. The number of rotatable bonds is 4. The Morgan fingerprint density at radius 1 is 1.37 bits per heavy atom. The van der Waals surface area contributed by atoms with Crippen molar-refractivity contribution >= 4 is 11.9 Å². The summed E-state index contributed by atoms with van der Waals surface area (Å²) >= 11 is 0. The van der Waals surface area contributed by atoms with Gasteiger partial charge < -0.3 is 15.4 Å². The Morgan fingerprint density at radius 2 is 2.05 bits per heavy atom. The van der Waals surface area contributed by atoms with Crippen LogP contribution in [0.15, 0.2) is 12.3 Å². The number of hydrogen-bond acceptors (Lipinski definition) is 2. The highest BCUT2D eigenvalue weighted by molar-refractivity contribution is 5.94. The molecule has 0 saturated heterocycles. The number of hydrogen-bond donors (Lipinski definition) is 3. The van der Waals surface area contributed by atoms with Gasteiger partial charge in [-0.3, -0.25) is 9.59 Å². The van der Waals surface area contributed by atoms with Crippen molar-refractivity contribution < 1.29 is 14.7 Å². The minimum absolute atomic E-state index is 0.00149. The third-order valence-corrected chi connectivity index (χ3v) is 3.86. The Balaban J connectivity index is 2.14. The van der Waals surface area contributed by atoms with E-state index in [9.17, 15) is 9.59 Å². The van der Waals surface area contributed by atoms with Crippen molar-refractivity contribution in [3.8, 4) is 0 Å². The van der Waals surface area contributed by atoms with Gasteiger partial charge in [0.2, 0.25) is 0 Å². The van der Waals surface area contributed by atoms with Crippen LogP contribution in [0.4, 0.5) is 0 Å². The van der Waals surface area contributed by atoms with Crippen LogP contribution < -0.4 is 5.32 Å². The van der Waals surface area contributed by atoms with Crippen molar-refractivity contribution in [1.82, 2.24) is 10.3 Å². The van der Waals surface area contributed by atoms with E-state index in [0.29, 0.717) is 5.69 Å². The maximum atomic E-state index is 12.2.